The molecule has 3 aliphatic heterocycles. The van der Waals surface area contributed by atoms with E-state index >= 15 is 0 Å². The van der Waals surface area contributed by atoms with Gasteiger partial charge in [0.25, 0.3) is 5.91 Å². The third-order valence-corrected chi connectivity index (χ3v) is 6.06. The summed E-state index contributed by atoms with van der Waals surface area (Å²) in [6.07, 6.45) is 2.02. The molecule has 3 aliphatic rings. The van der Waals surface area contributed by atoms with Crippen LogP contribution in [0, 0.1) is 0 Å². The quantitative estimate of drug-likeness (QED) is 0.716. The molecule has 150 valence electrons. The van der Waals surface area contributed by atoms with Gasteiger partial charge in [0.2, 0.25) is 11.8 Å². The highest BCUT2D eigenvalue weighted by molar-refractivity contribution is 6.11. The number of benzene rings is 2. The third kappa shape index (κ3) is 2.13. The maximum Gasteiger partial charge on any atom is 0.270 e. The zero-order chi connectivity index (χ0) is 20.5. The van der Waals surface area contributed by atoms with Crippen LogP contribution in [0.2, 0.25) is 0 Å². The molecule has 2 N–H and O–H groups in total. The predicted molar refractivity (Wildman–Crippen MR) is 105 cm³/mol. The molecule has 0 aliphatic carbocycles. The highest BCUT2D eigenvalue weighted by Crippen LogP contribution is 2.54. The molecule has 8 heteroatoms. The number of nitrogens with zero attached hydrogens (tertiary/aromatic N) is 2. The van der Waals surface area contributed by atoms with Crippen molar-refractivity contribution in [3.63, 3.8) is 0 Å². The first-order valence-corrected chi connectivity index (χ1v) is 9.66. The van der Waals surface area contributed by atoms with Gasteiger partial charge in [-0.1, -0.05) is 18.2 Å². The van der Waals surface area contributed by atoms with Crippen molar-refractivity contribution in [2.75, 3.05) is 18.1 Å². The van der Waals surface area contributed by atoms with Gasteiger partial charge in [-0.3, -0.25) is 9.59 Å². The molecule has 1 unspecified atom stereocenters. The predicted octanol–water partition coefficient (Wildman–Crippen LogP) is 1.93. The molecular formula is C22H17N3O5. The van der Waals surface area contributed by atoms with E-state index in [1.54, 1.807) is 4.90 Å². The molecule has 2 amide bonds. The number of hydrogen-bond donors (Lipinski definition) is 1. The van der Waals surface area contributed by atoms with Crippen LogP contribution in [0.5, 0.6) is 11.5 Å². The number of para-hydroxylation sites is 1. The molecule has 1 aromatic heterocycles. The zero-order valence-corrected chi connectivity index (χ0v) is 15.9. The van der Waals surface area contributed by atoms with Crippen LogP contribution < -0.4 is 20.1 Å². The Morgan fingerprint density at radius 1 is 1.17 bits per heavy atom. The van der Waals surface area contributed by atoms with Crippen molar-refractivity contribution in [1.29, 1.82) is 0 Å². The fourth-order valence-electron chi connectivity index (χ4n) is 4.64. The zero-order valence-electron chi connectivity index (χ0n) is 15.9. The lowest BCUT2D eigenvalue weighted by atomic mass is 9.76. The van der Waals surface area contributed by atoms with Gasteiger partial charge < -0.3 is 24.5 Å². The van der Waals surface area contributed by atoms with E-state index in [-0.39, 0.29) is 30.6 Å². The molecule has 30 heavy (non-hydrogen) atoms. The molecule has 1 atom stereocenters. The highest BCUT2D eigenvalue weighted by atomic mass is 16.5. The van der Waals surface area contributed by atoms with Crippen LogP contribution in [-0.4, -0.2) is 30.0 Å². The number of anilines is 1. The Labute approximate surface area is 171 Å². The van der Waals surface area contributed by atoms with Crippen molar-refractivity contribution in [2.45, 2.75) is 18.4 Å². The summed E-state index contributed by atoms with van der Waals surface area (Å²) in [6.45, 7) is 0.943. The lowest BCUT2D eigenvalue weighted by Gasteiger charge is -2.22. The minimum absolute atomic E-state index is 0.0322. The molecule has 1 spiro atoms. The number of carbonyl (C=O) groups is 2. The molecule has 4 heterocycles. The number of fused-ring (bicyclic) bond motifs is 5. The van der Waals surface area contributed by atoms with Gasteiger partial charge in [-0.05, 0) is 23.3 Å². The summed E-state index contributed by atoms with van der Waals surface area (Å²) in [4.78, 5) is 30.9. The van der Waals surface area contributed by atoms with Crippen molar-refractivity contribution < 1.29 is 23.5 Å². The van der Waals surface area contributed by atoms with Crippen LogP contribution in [0.15, 0.2) is 47.1 Å². The first-order valence-electron chi connectivity index (χ1n) is 9.66. The van der Waals surface area contributed by atoms with Gasteiger partial charge in [0.15, 0.2) is 5.69 Å². The number of oxazole rings is 1. The Kier molecular flexibility index (Phi) is 3.33. The second-order valence-corrected chi connectivity index (χ2v) is 7.65. The summed E-state index contributed by atoms with van der Waals surface area (Å²) in [5.74, 6) is 0.947. The second kappa shape index (κ2) is 5.85. The molecule has 0 bridgehead atoms. The minimum Gasteiger partial charge on any atom is -0.493 e. The van der Waals surface area contributed by atoms with Crippen molar-refractivity contribution in [2.24, 2.45) is 5.73 Å². The topological polar surface area (TPSA) is 108 Å². The van der Waals surface area contributed by atoms with Crippen molar-refractivity contribution >= 4 is 17.5 Å². The van der Waals surface area contributed by atoms with Crippen LogP contribution in [0.3, 0.4) is 0 Å². The minimum atomic E-state index is -0.928. The average Bonchev–Trinajstić information content (AvgIpc) is 3.51. The Bertz CT molecular complexity index is 1230. The maximum absolute atomic E-state index is 13.8. The maximum atomic E-state index is 13.8. The third-order valence-electron chi connectivity index (χ3n) is 6.06. The molecule has 0 saturated heterocycles. The Hall–Kier alpha value is -3.81. The number of ether oxygens (including phenoxy) is 2. The van der Waals surface area contributed by atoms with Gasteiger partial charge in [0.05, 0.1) is 6.61 Å². The number of rotatable bonds is 3. The van der Waals surface area contributed by atoms with Gasteiger partial charge in [-0.15, -0.1) is 0 Å². The van der Waals surface area contributed by atoms with E-state index in [0.29, 0.717) is 12.4 Å². The fourth-order valence-corrected chi connectivity index (χ4v) is 4.64. The SMILES string of the molecule is NC(=O)c1coc(CN2C(=O)C3(COc4cc5c(cc43)CCO5)c3ccccc32)n1. The van der Waals surface area contributed by atoms with Crippen LogP contribution in [0.4, 0.5) is 5.69 Å². The summed E-state index contributed by atoms with van der Waals surface area (Å²) in [5.41, 5.74) is 7.97. The molecule has 0 radical (unpaired) electrons. The Morgan fingerprint density at radius 3 is 2.87 bits per heavy atom. The molecule has 6 rings (SSSR count). The number of primary amides is 1. The van der Waals surface area contributed by atoms with Gasteiger partial charge in [-0.25, -0.2) is 4.98 Å². The first kappa shape index (κ1) is 17.1. The summed E-state index contributed by atoms with van der Waals surface area (Å²) in [5, 5.41) is 0. The molecule has 3 aromatic rings. The summed E-state index contributed by atoms with van der Waals surface area (Å²) in [7, 11) is 0. The smallest absolute Gasteiger partial charge is 0.270 e. The van der Waals surface area contributed by atoms with Crippen molar-refractivity contribution in [3.8, 4) is 11.5 Å². The van der Waals surface area contributed by atoms with Crippen LogP contribution in [-0.2, 0) is 23.2 Å². The largest absolute Gasteiger partial charge is 0.493 e. The van der Waals surface area contributed by atoms with Gasteiger partial charge in [-0.2, -0.15) is 0 Å². The van der Waals surface area contributed by atoms with Crippen LogP contribution in [0.1, 0.15) is 33.1 Å². The monoisotopic (exact) mass is 403 g/mol. The number of carbonyl (C=O) groups excluding carboxylic acids is 2. The van der Waals surface area contributed by atoms with Crippen molar-refractivity contribution in [1.82, 2.24) is 4.98 Å². The lowest BCUT2D eigenvalue weighted by molar-refractivity contribution is -0.122. The van der Waals surface area contributed by atoms with E-state index in [0.717, 1.165) is 34.5 Å². The summed E-state index contributed by atoms with van der Waals surface area (Å²) in [6, 6.07) is 11.6. The molecular weight excluding hydrogens is 386 g/mol. The number of hydrogen-bond acceptors (Lipinski definition) is 6. The van der Waals surface area contributed by atoms with Crippen LogP contribution in [0.25, 0.3) is 0 Å². The highest BCUT2D eigenvalue weighted by Gasteiger charge is 2.57. The molecule has 8 nitrogen and oxygen atoms in total. The van der Waals surface area contributed by atoms with E-state index in [1.807, 2.05) is 36.4 Å². The van der Waals surface area contributed by atoms with E-state index in [4.69, 9.17) is 19.6 Å². The van der Waals surface area contributed by atoms with E-state index in [9.17, 15) is 9.59 Å². The summed E-state index contributed by atoms with van der Waals surface area (Å²) >= 11 is 0. The molecule has 0 fully saturated rings. The van der Waals surface area contributed by atoms with Gasteiger partial charge >= 0.3 is 0 Å². The Balaban J connectivity index is 1.47. The van der Waals surface area contributed by atoms with Crippen molar-refractivity contribution in [3.05, 3.63) is 70.9 Å². The second-order valence-electron chi connectivity index (χ2n) is 7.65. The molecule has 0 saturated carbocycles. The van der Waals surface area contributed by atoms with E-state index in [2.05, 4.69) is 4.98 Å². The standard InChI is InChI=1S/C22H17N3O5/c23-20(26)15-10-29-19(24-15)9-25-16-4-2-1-3-13(16)22(21(25)27)11-30-18-8-17-12(5-6-28-17)7-14(18)22/h1-4,7-8,10H,5-6,9,11H2,(H2,23,26). The Morgan fingerprint density at radius 2 is 2.03 bits per heavy atom. The average molecular weight is 403 g/mol. The van der Waals surface area contributed by atoms with Gasteiger partial charge in [0, 0.05) is 23.7 Å². The van der Waals surface area contributed by atoms with E-state index < -0.39 is 11.3 Å². The van der Waals surface area contributed by atoms with Gasteiger partial charge in [0.1, 0.15) is 36.3 Å². The number of amides is 2. The lowest BCUT2D eigenvalue weighted by Crippen LogP contribution is -2.42. The summed E-state index contributed by atoms with van der Waals surface area (Å²) < 4.78 is 17.0. The number of nitrogens with two attached hydrogens (primary N) is 1. The fraction of sp³-hybridized carbons (Fsp3) is 0.227. The van der Waals surface area contributed by atoms with E-state index in [1.165, 1.54) is 6.26 Å². The molecule has 2 aromatic carbocycles. The van der Waals surface area contributed by atoms with Crippen LogP contribution >= 0.6 is 0 Å². The normalized spacial score (nSPS) is 20.7. The first-order chi connectivity index (χ1) is 14.6. The number of aromatic nitrogens is 1.